The third-order valence-corrected chi connectivity index (χ3v) is 16.0. The third-order valence-electron chi connectivity index (χ3n) is 12.7. The lowest BCUT2D eigenvalue weighted by Gasteiger charge is -2.37. The van der Waals surface area contributed by atoms with E-state index in [9.17, 15) is 29.0 Å². The summed E-state index contributed by atoms with van der Waals surface area (Å²) in [7, 11) is -4.46. The van der Waals surface area contributed by atoms with E-state index in [4.69, 9.17) is 9.26 Å². The molecule has 15 heteroatoms. The Bertz CT molecular complexity index is 2370. The number of benzene rings is 3. The van der Waals surface area contributed by atoms with Crippen molar-refractivity contribution in [1.29, 1.82) is 5.26 Å². The summed E-state index contributed by atoms with van der Waals surface area (Å²) in [5.41, 5.74) is 0.541. The number of carbonyl (C=O) groups excluding carboxylic acids is 4. The Morgan fingerprint density at radius 1 is 1.00 bits per heavy atom. The largest absolute Gasteiger partial charge is 0.465 e. The summed E-state index contributed by atoms with van der Waals surface area (Å²) in [5, 5.41) is 16.4. The molecule has 320 valence electrons. The smallest absolute Gasteiger partial charge is 0.355 e. The molecule has 2 N–H and O–H groups in total. The van der Waals surface area contributed by atoms with Crippen molar-refractivity contribution in [3.8, 4) is 11.8 Å². The number of carbonyl (C=O) groups is 4. The van der Waals surface area contributed by atoms with Crippen LogP contribution in [0.15, 0.2) is 84.9 Å². The Morgan fingerprint density at radius 3 is 2.43 bits per heavy atom. The maximum Gasteiger partial charge on any atom is 0.355 e. The van der Waals surface area contributed by atoms with Gasteiger partial charge in [-0.2, -0.15) is 5.26 Å². The lowest BCUT2D eigenvalue weighted by Crippen LogP contribution is -2.57. The minimum Gasteiger partial charge on any atom is -0.465 e. The number of hydrogen-bond acceptors (Lipinski definition) is 9. The Balaban J connectivity index is 0.991. The van der Waals surface area contributed by atoms with E-state index in [1.165, 1.54) is 30.4 Å². The van der Waals surface area contributed by atoms with Crippen LogP contribution in [-0.4, -0.2) is 76.3 Å². The van der Waals surface area contributed by atoms with E-state index in [1.807, 2.05) is 42.2 Å². The number of amides is 3. The second kappa shape index (κ2) is 17.7. The van der Waals surface area contributed by atoms with Gasteiger partial charge in [-0.1, -0.05) is 74.4 Å². The predicted octanol–water partition coefficient (Wildman–Crippen LogP) is 8.40. The molecule has 4 fully saturated rings. The molecule has 1 unspecified atom stereocenters. The van der Waals surface area contributed by atoms with Crippen molar-refractivity contribution in [3.05, 3.63) is 101 Å². The first-order valence-electron chi connectivity index (χ1n) is 21.3. The average molecular weight is 868 g/mol. The van der Waals surface area contributed by atoms with Gasteiger partial charge in [0.15, 0.2) is 0 Å². The van der Waals surface area contributed by atoms with E-state index in [2.05, 4.69) is 16.5 Å². The SMILES string of the molecule is CCCOC(=O)[C@H](C)NP(=O)(Oc1ccccc1)[C@@H](F)c1ccc2sc(C(=O)N[C@H]3CCCC[C@H]4CC[C@@H](C(=O)N5C[C@@H](c6ccccc6)[C@H](C#N)C56CC6)N4C3=O)cc2c1. The normalized spacial score (nSPS) is 25.1. The number of para-hydroxylation sites is 1. The van der Waals surface area contributed by atoms with Crippen molar-refractivity contribution < 1.29 is 37.4 Å². The number of ether oxygens (including phenoxy) is 1. The van der Waals surface area contributed by atoms with E-state index in [1.54, 1.807) is 47.4 Å². The molecule has 0 radical (unpaired) electrons. The number of alkyl halides is 1. The van der Waals surface area contributed by atoms with Gasteiger partial charge in [-0.25, -0.2) is 9.48 Å². The summed E-state index contributed by atoms with van der Waals surface area (Å²) in [6, 6.07) is 24.0. The van der Waals surface area contributed by atoms with E-state index in [-0.39, 0.29) is 47.6 Å². The second-order valence-corrected chi connectivity index (χ2v) is 19.9. The van der Waals surface area contributed by atoms with Crippen molar-refractivity contribution in [3.63, 3.8) is 0 Å². The van der Waals surface area contributed by atoms with Crippen molar-refractivity contribution in [1.82, 2.24) is 20.2 Å². The van der Waals surface area contributed by atoms with Crippen molar-refractivity contribution >= 4 is 52.6 Å². The molecule has 3 amide bonds. The van der Waals surface area contributed by atoms with Crippen LogP contribution < -0.4 is 14.9 Å². The summed E-state index contributed by atoms with van der Waals surface area (Å²) in [5.74, 6) is -4.01. The molecule has 8 atom stereocenters. The molecule has 1 aromatic heterocycles. The third kappa shape index (κ3) is 8.45. The zero-order valence-corrected chi connectivity index (χ0v) is 36.0. The van der Waals surface area contributed by atoms with Crippen LogP contribution in [-0.2, 0) is 23.7 Å². The summed E-state index contributed by atoms with van der Waals surface area (Å²) < 4.78 is 42.5. The number of esters is 1. The molecule has 3 saturated heterocycles. The summed E-state index contributed by atoms with van der Waals surface area (Å²) in [6.45, 7) is 3.87. The minimum absolute atomic E-state index is 0.0197. The zero-order chi connectivity index (χ0) is 42.9. The quantitative estimate of drug-likeness (QED) is 0.0995. The molecule has 4 aliphatic rings. The molecule has 1 aliphatic carbocycles. The highest BCUT2D eigenvalue weighted by Gasteiger charge is 2.64. The lowest BCUT2D eigenvalue weighted by molar-refractivity contribution is -0.148. The van der Waals surface area contributed by atoms with Crippen LogP contribution in [0.4, 0.5) is 4.39 Å². The molecule has 4 heterocycles. The van der Waals surface area contributed by atoms with Gasteiger partial charge in [0.2, 0.25) is 17.7 Å². The van der Waals surface area contributed by atoms with Gasteiger partial charge < -0.3 is 24.4 Å². The molecule has 61 heavy (non-hydrogen) atoms. The Morgan fingerprint density at radius 2 is 1.72 bits per heavy atom. The Kier molecular flexibility index (Phi) is 12.4. The monoisotopic (exact) mass is 867 g/mol. The summed E-state index contributed by atoms with van der Waals surface area (Å²) in [4.78, 5) is 59.6. The van der Waals surface area contributed by atoms with Gasteiger partial charge in [-0.3, -0.25) is 23.7 Å². The highest BCUT2D eigenvalue weighted by atomic mass is 32.1. The summed E-state index contributed by atoms with van der Waals surface area (Å²) >= 11 is 1.18. The fourth-order valence-corrected chi connectivity index (χ4v) is 12.4. The van der Waals surface area contributed by atoms with Crippen LogP contribution in [0, 0.1) is 17.2 Å². The van der Waals surface area contributed by atoms with E-state index in [0.29, 0.717) is 47.2 Å². The zero-order valence-electron chi connectivity index (χ0n) is 34.3. The van der Waals surface area contributed by atoms with Gasteiger partial charge in [0.1, 0.15) is 23.9 Å². The Labute approximate surface area is 359 Å². The van der Waals surface area contributed by atoms with Gasteiger partial charge in [0.05, 0.1) is 29.0 Å². The highest BCUT2D eigenvalue weighted by molar-refractivity contribution is 7.57. The van der Waals surface area contributed by atoms with E-state index < -0.39 is 49.0 Å². The number of halogens is 1. The number of nitrogens with one attached hydrogen (secondary N) is 2. The van der Waals surface area contributed by atoms with Crippen LogP contribution >= 0.6 is 18.9 Å². The topological polar surface area (TPSA) is 158 Å². The molecule has 12 nitrogen and oxygen atoms in total. The molecule has 3 aromatic carbocycles. The molecule has 0 bridgehead atoms. The van der Waals surface area contributed by atoms with Gasteiger partial charge in [0.25, 0.3) is 5.91 Å². The minimum atomic E-state index is -4.46. The first-order valence-corrected chi connectivity index (χ1v) is 23.8. The number of hydrogen-bond donors (Lipinski definition) is 2. The van der Waals surface area contributed by atoms with Gasteiger partial charge in [-0.05, 0) is 98.7 Å². The first kappa shape index (κ1) is 42.6. The molecule has 3 aliphatic heterocycles. The number of rotatable bonds is 13. The maximum atomic E-state index is 16.6. The van der Waals surface area contributed by atoms with Gasteiger partial charge in [-0.15, -0.1) is 11.3 Å². The molecule has 1 saturated carbocycles. The number of likely N-dealkylation sites (tertiary alicyclic amines) is 1. The predicted molar refractivity (Wildman–Crippen MR) is 230 cm³/mol. The molecule has 8 rings (SSSR count). The average Bonchev–Trinajstić information content (AvgIpc) is 3.59. The molecule has 1 spiro atoms. The van der Waals surface area contributed by atoms with E-state index >= 15 is 4.39 Å². The lowest BCUT2D eigenvalue weighted by atomic mass is 9.85. The number of nitriles is 1. The van der Waals surface area contributed by atoms with Crippen molar-refractivity contribution in [2.75, 3.05) is 13.2 Å². The fourth-order valence-electron chi connectivity index (χ4n) is 9.51. The number of thiophene rings is 1. The van der Waals surface area contributed by atoms with Crippen LogP contribution in [0.5, 0.6) is 5.75 Å². The number of fused-ring (bicyclic) bond motifs is 2. The van der Waals surface area contributed by atoms with Gasteiger partial charge in [0, 0.05) is 23.2 Å². The standard InChI is InChI=1S/C46H51FN5O7PS/c1-3-24-58-45(56)29(2)50-60(57,59-34-15-8-5-9-16-34)41(47)31-18-21-39-32(25-31)26-40(61-39)42(53)49-37-17-11-10-14-33-19-20-38(52(33)43(37)54)44(55)51-28-35(30-12-6-4-7-13-30)36(27-48)46(51)22-23-46/h4-9,12-13,15-16,18,21,25-26,29,33,35-38,41H,3,10-11,14,17,19-20,22-24,28H2,1-2H3,(H,49,53)(H,50,57)/t29-,33-,35-,36-,37-,38-,41+,60?/m0/s1. The van der Waals surface area contributed by atoms with Crippen LogP contribution in [0.3, 0.4) is 0 Å². The maximum absolute atomic E-state index is 16.6. The first-order chi connectivity index (χ1) is 29.5. The van der Waals surface area contributed by atoms with Crippen LogP contribution in [0.1, 0.15) is 104 Å². The van der Waals surface area contributed by atoms with Crippen LogP contribution in [0.2, 0.25) is 0 Å². The van der Waals surface area contributed by atoms with E-state index in [0.717, 1.165) is 37.7 Å². The second-order valence-electron chi connectivity index (χ2n) is 16.7. The molecular formula is C46H51FN5O7PS. The van der Waals surface area contributed by atoms with Crippen molar-refractivity contribution in [2.24, 2.45) is 5.92 Å². The Hall–Kier alpha value is -5.09. The molecular weight excluding hydrogens is 817 g/mol. The highest BCUT2D eigenvalue weighted by Crippen LogP contribution is 2.59. The fraction of sp³-hybridized carbons (Fsp3) is 0.457. The van der Waals surface area contributed by atoms with Crippen molar-refractivity contribution in [2.45, 2.75) is 113 Å². The molecule has 4 aromatic rings. The summed E-state index contributed by atoms with van der Waals surface area (Å²) in [6.07, 6.45) is 6.12. The van der Waals surface area contributed by atoms with Crippen LogP contribution in [0.25, 0.3) is 10.1 Å². The van der Waals surface area contributed by atoms with Gasteiger partial charge >= 0.3 is 13.5 Å². The number of nitrogens with zero attached hydrogens (tertiary/aromatic N) is 3.